The Labute approximate surface area is 164 Å². The van der Waals surface area contributed by atoms with Crippen molar-refractivity contribution in [2.24, 2.45) is 4.99 Å². The molecule has 0 radical (unpaired) electrons. The van der Waals surface area contributed by atoms with Crippen molar-refractivity contribution in [3.05, 3.63) is 41.5 Å². The van der Waals surface area contributed by atoms with Crippen LogP contribution in [0.5, 0.6) is 5.75 Å². The first kappa shape index (κ1) is 21.3. The largest absolute Gasteiger partial charge is 0.496 e. The van der Waals surface area contributed by atoms with Crippen molar-refractivity contribution in [3.8, 4) is 5.75 Å². The molecule has 1 fully saturated rings. The molecule has 0 atom stereocenters. The molecular formula is C22H36N4O. The van der Waals surface area contributed by atoms with Crippen LogP contribution in [0.15, 0.2) is 35.3 Å². The molecule has 0 saturated carbocycles. The summed E-state index contributed by atoms with van der Waals surface area (Å²) in [5.74, 6) is 1.87. The van der Waals surface area contributed by atoms with Crippen LogP contribution in [0.1, 0.15) is 37.8 Å². The number of aryl methyl sites for hydroxylation is 1. The molecule has 0 amide bonds. The third-order valence-corrected chi connectivity index (χ3v) is 4.91. The van der Waals surface area contributed by atoms with Crippen LogP contribution >= 0.6 is 0 Å². The summed E-state index contributed by atoms with van der Waals surface area (Å²) in [5.41, 5.74) is 3.66. The molecule has 1 aliphatic rings. The molecule has 5 heteroatoms. The molecule has 1 aromatic carbocycles. The van der Waals surface area contributed by atoms with Gasteiger partial charge in [0.15, 0.2) is 5.96 Å². The lowest BCUT2D eigenvalue weighted by atomic mass is 10.0. The predicted octanol–water partition coefficient (Wildman–Crippen LogP) is 3.14. The van der Waals surface area contributed by atoms with E-state index >= 15 is 0 Å². The Morgan fingerprint density at radius 3 is 2.70 bits per heavy atom. The highest BCUT2D eigenvalue weighted by molar-refractivity contribution is 5.80. The zero-order valence-electron chi connectivity index (χ0n) is 17.5. The average Bonchev–Trinajstić information content (AvgIpc) is 2.64. The first-order chi connectivity index (χ1) is 13.0. The van der Waals surface area contributed by atoms with Gasteiger partial charge in [0.2, 0.25) is 0 Å². The second kappa shape index (κ2) is 11.0. The van der Waals surface area contributed by atoms with Crippen LogP contribution in [0.4, 0.5) is 0 Å². The molecule has 0 aromatic heterocycles. The summed E-state index contributed by atoms with van der Waals surface area (Å²) in [6, 6.07) is 6.87. The van der Waals surface area contributed by atoms with Gasteiger partial charge in [0.25, 0.3) is 0 Å². The van der Waals surface area contributed by atoms with Crippen LogP contribution in [0, 0.1) is 6.92 Å². The van der Waals surface area contributed by atoms with Crippen LogP contribution in [-0.4, -0.2) is 56.7 Å². The molecule has 0 aliphatic carbocycles. The molecule has 27 heavy (non-hydrogen) atoms. The maximum absolute atomic E-state index is 5.41. The number of likely N-dealkylation sites (tertiary alicyclic amines) is 1. The average molecular weight is 373 g/mol. The minimum Gasteiger partial charge on any atom is -0.496 e. The van der Waals surface area contributed by atoms with Crippen LogP contribution in [0.3, 0.4) is 0 Å². The number of ether oxygens (including phenoxy) is 1. The molecule has 2 rings (SSSR count). The van der Waals surface area contributed by atoms with Gasteiger partial charge in [0.1, 0.15) is 5.75 Å². The topological polar surface area (TPSA) is 48.9 Å². The summed E-state index contributed by atoms with van der Waals surface area (Å²) >= 11 is 0. The van der Waals surface area contributed by atoms with Crippen LogP contribution in [-0.2, 0) is 6.42 Å². The van der Waals surface area contributed by atoms with Crippen molar-refractivity contribution in [2.75, 3.05) is 39.8 Å². The van der Waals surface area contributed by atoms with E-state index in [1.807, 2.05) is 0 Å². The Morgan fingerprint density at radius 1 is 1.33 bits per heavy atom. The fourth-order valence-corrected chi connectivity index (χ4v) is 3.45. The number of rotatable bonds is 8. The normalized spacial score (nSPS) is 16.2. The number of hydrogen-bond donors (Lipinski definition) is 2. The van der Waals surface area contributed by atoms with E-state index in [0.717, 1.165) is 69.3 Å². The fraction of sp³-hybridized carbons (Fsp3) is 0.591. The van der Waals surface area contributed by atoms with E-state index in [1.54, 1.807) is 7.11 Å². The first-order valence-corrected chi connectivity index (χ1v) is 10.1. The highest BCUT2D eigenvalue weighted by Crippen LogP contribution is 2.19. The summed E-state index contributed by atoms with van der Waals surface area (Å²) in [7, 11) is 1.72. The highest BCUT2D eigenvalue weighted by atomic mass is 16.5. The molecule has 0 bridgehead atoms. The zero-order valence-corrected chi connectivity index (χ0v) is 17.5. The fourth-order valence-electron chi connectivity index (χ4n) is 3.45. The molecule has 1 aromatic rings. The van der Waals surface area contributed by atoms with Gasteiger partial charge in [-0.15, -0.1) is 0 Å². The summed E-state index contributed by atoms with van der Waals surface area (Å²) < 4.78 is 5.41. The number of hydrogen-bond acceptors (Lipinski definition) is 3. The molecular weight excluding hydrogens is 336 g/mol. The second-order valence-electron chi connectivity index (χ2n) is 7.47. The van der Waals surface area contributed by atoms with Crippen molar-refractivity contribution in [2.45, 2.75) is 46.1 Å². The van der Waals surface area contributed by atoms with Crippen molar-refractivity contribution >= 4 is 5.96 Å². The number of methoxy groups -OCH3 is 1. The van der Waals surface area contributed by atoms with Gasteiger partial charge in [0.05, 0.1) is 7.11 Å². The van der Waals surface area contributed by atoms with Crippen LogP contribution in [0.25, 0.3) is 0 Å². The smallest absolute Gasteiger partial charge is 0.191 e. The number of guanidine groups is 1. The van der Waals surface area contributed by atoms with E-state index in [9.17, 15) is 0 Å². The van der Waals surface area contributed by atoms with Gasteiger partial charge in [0, 0.05) is 38.8 Å². The van der Waals surface area contributed by atoms with Gasteiger partial charge in [-0.1, -0.05) is 24.3 Å². The lowest BCUT2D eigenvalue weighted by Crippen LogP contribution is -2.48. The SMILES string of the molecule is C=C(C)CN1CCC(NC(=NCCc2ccc(C)c(OC)c2)NCC)CC1. The number of aliphatic imine (C=N–C) groups is 1. The Balaban J connectivity index is 1.84. The van der Waals surface area contributed by atoms with Crippen LogP contribution in [0.2, 0.25) is 0 Å². The van der Waals surface area contributed by atoms with Crippen molar-refractivity contribution < 1.29 is 4.74 Å². The third kappa shape index (κ3) is 7.25. The molecule has 1 aliphatic heterocycles. The lowest BCUT2D eigenvalue weighted by Gasteiger charge is -2.33. The summed E-state index contributed by atoms with van der Waals surface area (Å²) in [6.07, 6.45) is 3.20. The van der Waals surface area contributed by atoms with E-state index in [0.29, 0.717) is 6.04 Å². The second-order valence-corrected chi connectivity index (χ2v) is 7.47. The van der Waals surface area contributed by atoms with Gasteiger partial charge in [-0.2, -0.15) is 0 Å². The monoisotopic (exact) mass is 372 g/mol. The maximum Gasteiger partial charge on any atom is 0.191 e. The van der Waals surface area contributed by atoms with Crippen molar-refractivity contribution in [1.29, 1.82) is 0 Å². The van der Waals surface area contributed by atoms with Gasteiger partial charge in [-0.25, -0.2) is 0 Å². The number of nitrogens with zero attached hydrogens (tertiary/aromatic N) is 2. The van der Waals surface area contributed by atoms with E-state index < -0.39 is 0 Å². The molecule has 1 heterocycles. The summed E-state index contributed by atoms with van der Waals surface area (Å²) in [4.78, 5) is 7.26. The molecule has 0 unspecified atom stereocenters. The number of nitrogens with one attached hydrogen (secondary N) is 2. The van der Waals surface area contributed by atoms with Crippen molar-refractivity contribution in [3.63, 3.8) is 0 Å². The minimum absolute atomic E-state index is 0.489. The van der Waals surface area contributed by atoms with Crippen LogP contribution < -0.4 is 15.4 Å². The summed E-state index contributed by atoms with van der Waals surface area (Å²) in [6.45, 7) is 15.2. The van der Waals surface area contributed by atoms with E-state index in [4.69, 9.17) is 9.73 Å². The van der Waals surface area contributed by atoms with E-state index in [-0.39, 0.29) is 0 Å². The molecule has 5 nitrogen and oxygen atoms in total. The quantitative estimate of drug-likeness (QED) is 0.418. The van der Waals surface area contributed by atoms with E-state index in [2.05, 4.69) is 61.1 Å². The Bertz CT molecular complexity index is 633. The molecule has 2 N–H and O–H groups in total. The number of piperidine rings is 1. The standard InChI is InChI=1S/C22H36N4O/c1-6-23-22(25-20-10-13-26(14-11-20)16-17(2)3)24-12-9-19-8-7-18(4)21(15-19)27-5/h7-8,15,20H,2,6,9-14,16H2,1,3-5H3,(H2,23,24,25). The Kier molecular flexibility index (Phi) is 8.65. The number of benzene rings is 1. The van der Waals surface area contributed by atoms with Gasteiger partial charge < -0.3 is 15.4 Å². The zero-order chi connectivity index (χ0) is 19.6. The predicted molar refractivity (Wildman–Crippen MR) is 115 cm³/mol. The molecule has 150 valence electrons. The third-order valence-electron chi connectivity index (χ3n) is 4.91. The highest BCUT2D eigenvalue weighted by Gasteiger charge is 2.19. The van der Waals surface area contributed by atoms with Crippen molar-refractivity contribution in [1.82, 2.24) is 15.5 Å². The Hall–Kier alpha value is -2.01. The van der Waals surface area contributed by atoms with Gasteiger partial charge in [-0.05, 0) is 57.2 Å². The van der Waals surface area contributed by atoms with Gasteiger partial charge in [-0.3, -0.25) is 9.89 Å². The lowest BCUT2D eigenvalue weighted by molar-refractivity contribution is 0.221. The molecule has 0 spiro atoms. The summed E-state index contributed by atoms with van der Waals surface area (Å²) in [5, 5.41) is 6.99. The first-order valence-electron chi connectivity index (χ1n) is 10.1. The molecule has 1 saturated heterocycles. The maximum atomic E-state index is 5.41. The Morgan fingerprint density at radius 2 is 2.07 bits per heavy atom. The van der Waals surface area contributed by atoms with E-state index in [1.165, 1.54) is 11.1 Å². The minimum atomic E-state index is 0.489. The van der Waals surface area contributed by atoms with Gasteiger partial charge >= 0.3 is 0 Å².